The molecule has 0 aliphatic heterocycles. The smallest absolute Gasteiger partial charge is 0.0368 e. The minimum atomic E-state index is 0.412. The zero-order chi connectivity index (χ0) is 15.3. The first-order valence-corrected chi connectivity index (χ1v) is 8.31. The van der Waals surface area contributed by atoms with Crippen LogP contribution >= 0.6 is 0 Å². The molecule has 2 heteroatoms. The van der Waals surface area contributed by atoms with E-state index in [1.807, 2.05) is 0 Å². The van der Waals surface area contributed by atoms with Crippen molar-refractivity contribution in [3.05, 3.63) is 29.8 Å². The predicted octanol–water partition coefficient (Wildman–Crippen LogP) is 4.37. The summed E-state index contributed by atoms with van der Waals surface area (Å²) in [6, 6.07) is 9.62. The fraction of sp³-hybridized carbons (Fsp3) is 0.684. The Balaban J connectivity index is 1.74. The highest BCUT2D eigenvalue weighted by molar-refractivity contribution is 5.47. The summed E-state index contributed by atoms with van der Waals surface area (Å²) in [6.45, 7) is 8.41. The first-order chi connectivity index (χ1) is 9.81. The van der Waals surface area contributed by atoms with Gasteiger partial charge in [0.15, 0.2) is 0 Å². The molecule has 1 aromatic carbocycles. The Hall–Kier alpha value is -1.02. The molecular formula is C19H30N2. The van der Waals surface area contributed by atoms with Crippen LogP contribution in [0.3, 0.4) is 0 Å². The molecule has 3 rings (SSSR count). The van der Waals surface area contributed by atoms with E-state index < -0.39 is 0 Å². The minimum absolute atomic E-state index is 0.412. The van der Waals surface area contributed by atoms with E-state index >= 15 is 0 Å². The average Bonchev–Trinajstić information content (AvgIpc) is 2.87. The maximum absolute atomic E-state index is 3.87. The summed E-state index contributed by atoms with van der Waals surface area (Å²) in [7, 11) is 4.23. The predicted molar refractivity (Wildman–Crippen MR) is 90.5 cm³/mol. The zero-order valence-electron chi connectivity index (χ0n) is 14.2. The lowest BCUT2D eigenvalue weighted by molar-refractivity contribution is 0.155. The highest BCUT2D eigenvalue weighted by Gasteiger charge is 2.59. The van der Waals surface area contributed by atoms with E-state index in [0.717, 1.165) is 12.5 Å². The van der Waals surface area contributed by atoms with Crippen LogP contribution in [-0.2, 0) is 6.54 Å². The van der Waals surface area contributed by atoms with Gasteiger partial charge >= 0.3 is 0 Å². The molecule has 116 valence electrons. The third-order valence-corrected chi connectivity index (χ3v) is 6.03. The number of hydrogen-bond donors (Lipinski definition) is 1. The van der Waals surface area contributed by atoms with Crippen molar-refractivity contribution in [2.45, 2.75) is 52.6 Å². The van der Waals surface area contributed by atoms with Crippen molar-refractivity contribution in [3.63, 3.8) is 0 Å². The Morgan fingerprint density at radius 3 is 2.33 bits per heavy atom. The monoisotopic (exact) mass is 286 g/mol. The van der Waals surface area contributed by atoms with Crippen LogP contribution in [0.4, 0.5) is 5.69 Å². The highest BCUT2D eigenvalue weighted by atomic mass is 15.0. The molecular weight excluding hydrogens is 256 g/mol. The van der Waals surface area contributed by atoms with E-state index in [-0.39, 0.29) is 0 Å². The molecule has 21 heavy (non-hydrogen) atoms. The van der Waals surface area contributed by atoms with Crippen molar-refractivity contribution in [1.29, 1.82) is 0 Å². The largest absolute Gasteiger partial charge is 0.381 e. The average molecular weight is 286 g/mol. The quantitative estimate of drug-likeness (QED) is 0.884. The molecule has 0 spiro atoms. The van der Waals surface area contributed by atoms with Crippen molar-refractivity contribution < 1.29 is 0 Å². The zero-order valence-corrected chi connectivity index (χ0v) is 14.2. The van der Waals surface area contributed by atoms with Gasteiger partial charge < -0.3 is 10.2 Å². The second-order valence-corrected chi connectivity index (χ2v) is 8.43. The molecule has 0 saturated heterocycles. The van der Waals surface area contributed by atoms with Crippen LogP contribution in [-0.4, -0.2) is 25.0 Å². The van der Waals surface area contributed by atoms with Gasteiger partial charge in [-0.05, 0) is 67.8 Å². The van der Waals surface area contributed by atoms with Gasteiger partial charge in [0, 0.05) is 18.3 Å². The number of benzene rings is 1. The number of nitrogens with zero attached hydrogens (tertiary/aromatic N) is 1. The van der Waals surface area contributed by atoms with Crippen LogP contribution in [0.15, 0.2) is 24.3 Å². The third kappa shape index (κ3) is 2.59. The van der Waals surface area contributed by atoms with Crippen molar-refractivity contribution in [2.24, 2.45) is 16.7 Å². The number of anilines is 1. The normalized spacial score (nSPS) is 33.6. The lowest BCUT2D eigenvalue weighted by Gasteiger charge is -2.43. The molecule has 0 amide bonds. The molecule has 2 nitrogen and oxygen atoms in total. The van der Waals surface area contributed by atoms with Crippen molar-refractivity contribution >= 4 is 5.69 Å². The Labute approximate surface area is 129 Å². The van der Waals surface area contributed by atoms with Crippen LogP contribution in [0.5, 0.6) is 0 Å². The van der Waals surface area contributed by atoms with Gasteiger partial charge in [-0.2, -0.15) is 0 Å². The van der Waals surface area contributed by atoms with E-state index in [0.29, 0.717) is 16.9 Å². The number of fused-ring (bicyclic) bond motifs is 2. The summed E-state index contributed by atoms with van der Waals surface area (Å²) >= 11 is 0. The van der Waals surface area contributed by atoms with Gasteiger partial charge in [-0.3, -0.25) is 0 Å². The Bertz CT molecular complexity index is 498. The molecule has 1 aromatic rings. The van der Waals surface area contributed by atoms with Crippen LogP contribution in [0, 0.1) is 16.7 Å². The maximum atomic E-state index is 3.87. The van der Waals surface area contributed by atoms with Gasteiger partial charge in [-0.25, -0.2) is 0 Å². The van der Waals surface area contributed by atoms with Crippen LogP contribution < -0.4 is 5.32 Å². The third-order valence-electron chi connectivity index (χ3n) is 6.03. The Morgan fingerprint density at radius 1 is 1.14 bits per heavy atom. The molecule has 2 bridgehead atoms. The van der Waals surface area contributed by atoms with Gasteiger partial charge in [-0.1, -0.05) is 32.9 Å². The van der Waals surface area contributed by atoms with Crippen LogP contribution in [0.2, 0.25) is 0 Å². The molecule has 2 aliphatic rings. The highest BCUT2D eigenvalue weighted by Crippen LogP contribution is 2.63. The molecule has 0 radical (unpaired) electrons. The fourth-order valence-corrected chi connectivity index (χ4v) is 4.90. The van der Waals surface area contributed by atoms with E-state index in [1.165, 1.54) is 30.5 Å². The molecule has 0 heterocycles. The van der Waals surface area contributed by atoms with E-state index in [9.17, 15) is 0 Å². The fourth-order valence-electron chi connectivity index (χ4n) is 4.90. The maximum Gasteiger partial charge on any atom is 0.0368 e. The lowest BCUT2D eigenvalue weighted by atomic mass is 9.68. The first kappa shape index (κ1) is 14.9. The van der Waals surface area contributed by atoms with Crippen LogP contribution in [0.1, 0.15) is 45.6 Å². The molecule has 2 fully saturated rings. The summed E-state index contributed by atoms with van der Waals surface area (Å²) in [4.78, 5) is 2.21. The van der Waals surface area contributed by atoms with Gasteiger partial charge in [0.1, 0.15) is 0 Å². The number of nitrogens with one attached hydrogen (secondary N) is 1. The Kier molecular flexibility index (Phi) is 3.56. The number of hydrogen-bond acceptors (Lipinski definition) is 2. The second-order valence-electron chi connectivity index (χ2n) is 8.43. The van der Waals surface area contributed by atoms with Gasteiger partial charge in [0.05, 0.1) is 0 Å². The summed E-state index contributed by atoms with van der Waals surface area (Å²) in [5.41, 5.74) is 3.56. The molecule has 1 N–H and O–H groups in total. The second kappa shape index (κ2) is 5.01. The van der Waals surface area contributed by atoms with Crippen LogP contribution in [0.25, 0.3) is 0 Å². The van der Waals surface area contributed by atoms with Gasteiger partial charge in [-0.15, -0.1) is 0 Å². The summed E-state index contributed by atoms with van der Waals surface area (Å²) in [5.74, 6) is 0.896. The lowest BCUT2D eigenvalue weighted by Crippen LogP contribution is -2.45. The van der Waals surface area contributed by atoms with Gasteiger partial charge in [0.2, 0.25) is 0 Å². The molecule has 2 aliphatic carbocycles. The molecule has 2 saturated carbocycles. The molecule has 3 atom stereocenters. The minimum Gasteiger partial charge on any atom is -0.381 e. The molecule has 3 unspecified atom stereocenters. The molecule has 0 aromatic heterocycles. The van der Waals surface area contributed by atoms with Crippen molar-refractivity contribution in [1.82, 2.24) is 4.90 Å². The standard InChI is InChI=1S/C19H30N2/c1-18(2)15-10-11-19(3,12-15)17(18)20-16-8-6-14(7-9-16)13-21(4)5/h6-9,15,17,20H,10-13H2,1-5H3. The van der Waals surface area contributed by atoms with Gasteiger partial charge in [0.25, 0.3) is 0 Å². The Morgan fingerprint density at radius 2 is 1.81 bits per heavy atom. The first-order valence-electron chi connectivity index (χ1n) is 8.31. The topological polar surface area (TPSA) is 15.3 Å². The summed E-state index contributed by atoms with van der Waals surface area (Å²) in [5, 5.41) is 3.87. The summed E-state index contributed by atoms with van der Waals surface area (Å²) in [6.07, 6.45) is 4.21. The number of rotatable bonds is 4. The SMILES string of the molecule is CN(C)Cc1ccc(NC2C3(C)CCC(C3)C2(C)C)cc1. The van der Waals surface area contributed by atoms with E-state index in [2.05, 4.69) is 69.3 Å². The summed E-state index contributed by atoms with van der Waals surface area (Å²) < 4.78 is 0. The van der Waals surface area contributed by atoms with Crippen molar-refractivity contribution in [2.75, 3.05) is 19.4 Å². The van der Waals surface area contributed by atoms with E-state index in [1.54, 1.807) is 0 Å². The van der Waals surface area contributed by atoms with E-state index in [4.69, 9.17) is 0 Å². The van der Waals surface area contributed by atoms with Crippen molar-refractivity contribution in [3.8, 4) is 0 Å².